The summed E-state index contributed by atoms with van der Waals surface area (Å²) < 4.78 is 5.55. The fourth-order valence-electron chi connectivity index (χ4n) is 0.887. The highest BCUT2D eigenvalue weighted by atomic mass is 35.5. The van der Waals surface area contributed by atoms with Crippen molar-refractivity contribution in [3.63, 3.8) is 0 Å². The van der Waals surface area contributed by atoms with Crippen molar-refractivity contribution in [2.24, 2.45) is 0 Å². The molecular weight excluding hydrogens is 207 g/mol. The molecule has 2 atom stereocenters. The average molecular weight is 227 g/mol. The Hall–Kier alpha value is 0.540. The molecule has 13 heavy (non-hydrogen) atoms. The Balaban J connectivity index is 3.44. The van der Waals surface area contributed by atoms with E-state index in [0.29, 0.717) is 5.88 Å². The van der Waals surface area contributed by atoms with Gasteiger partial charge in [0.2, 0.25) is 0 Å². The van der Waals surface area contributed by atoms with Crippen molar-refractivity contribution in [2.75, 3.05) is 12.5 Å². The maximum Gasteiger partial charge on any atom is 0.0558 e. The molecule has 0 fully saturated rings. The van der Waals surface area contributed by atoms with Crippen LogP contribution in [0.25, 0.3) is 0 Å². The monoisotopic (exact) mass is 226 g/mol. The molecule has 0 radical (unpaired) electrons. The van der Waals surface area contributed by atoms with Gasteiger partial charge in [-0.2, -0.15) is 0 Å². The fourth-order valence-corrected chi connectivity index (χ4v) is 1.27. The van der Waals surface area contributed by atoms with Crippen molar-refractivity contribution >= 4 is 23.2 Å². The third-order valence-corrected chi connectivity index (χ3v) is 2.95. The quantitative estimate of drug-likeness (QED) is 0.601. The minimum atomic E-state index is -0.110. The molecule has 0 saturated heterocycles. The zero-order valence-electron chi connectivity index (χ0n) is 8.78. The number of alkyl halides is 2. The summed E-state index contributed by atoms with van der Waals surface area (Å²) in [5.74, 6) is 0.660. The zero-order valence-corrected chi connectivity index (χ0v) is 10.3. The van der Waals surface area contributed by atoms with E-state index in [0.717, 1.165) is 25.9 Å². The van der Waals surface area contributed by atoms with E-state index in [9.17, 15) is 0 Å². The van der Waals surface area contributed by atoms with Gasteiger partial charge in [0.1, 0.15) is 0 Å². The molecule has 3 heteroatoms. The van der Waals surface area contributed by atoms with E-state index in [1.165, 1.54) is 0 Å². The molecule has 0 aromatic heterocycles. The molecular formula is C10H20Cl2O. The Morgan fingerprint density at radius 3 is 2.54 bits per heavy atom. The molecule has 0 aliphatic carbocycles. The Labute approximate surface area is 91.7 Å². The van der Waals surface area contributed by atoms with Crippen molar-refractivity contribution in [2.45, 2.75) is 51.0 Å². The van der Waals surface area contributed by atoms with Crippen LogP contribution in [0.1, 0.15) is 40.0 Å². The molecule has 0 N–H and O–H groups in total. The molecule has 2 unspecified atom stereocenters. The second-order valence-electron chi connectivity index (χ2n) is 3.68. The van der Waals surface area contributed by atoms with Gasteiger partial charge in [0, 0.05) is 17.4 Å². The van der Waals surface area contributed by atoms with Gasteiger partial charge in [0.05, 0.1) is 6.10 Å². The van der Waals surface area contributed by atoms with Crippen LogP contribution in [-0.4, -0.2) is 23.5 Å². The SMILES string of the molecule is CCC(C)(Cl)CCOC(C)CCCl. The van der Waals surface area contributed by atoms with E-state index >= 15 is 0 Å². The predicted molar refractivity (Wildman–Crippen MR) is 59.9 cm³/mol. The summed E-state index contributed by atoms with van der Waals surface area (Å²) in [4.78, 5) is -0.110. The van der Waals surface area contributed by atoms with Crippen LogP contribution in [0, 0.1) is 0 Å². The van der Waals surface area contributed by atoms with Crippen LogP contribution in [-0.2, 0) is 4.74 Å². The minimum absolute atomic E-state index is 0.110. The summed E-state index contributed by atoms with van der Waals surface area (Å²) in [7, 11) is 0. The summed E-state index contributed by atoms with van der Waals surface area (Å²) >= 11 is 11.8. The van der Waals surface area contributed by atoms with Crippen molar-refractivity contribution < 1.29 is 4.74 Å². The molecule has 0 aliphatic rings. The van der Waals surface area contributed by atoms with Gasteiger partial charge in [-0.15, -0.1) is 23.2 Å². The van der Waals surface area contributed by atoms with Gasteiger partial charge in [-0.3, -0.25) is 0 Å². The summed E-state index contributed by atoms with van der Waals surface area (Å²) in [5.41, 5.74) is 0. The van der Waals surface area contributed by atoms with Crippen LogP contribution in [0.2, 0.25) is 0 Å². The first-order chi connectivity index (χ1) is 6.02. The van der Waals surface area contributed by atoms with Gasteiger partial charge >= 0.3 is 0 Å². The second-order valence-corrected chi connectivity index (χ2v) is 4.97. The molecule has 0 aromatic carbocycles. The van der Waals surface area contributed by atoms with Crippen LogP contribution in [0.5, 0.6) is 0 Å². The molecule has 80 valence electrons. The molecule has 0 amide bonds. The predicted octanol–water partition coefficient (Wildman–Crippen LogP) is 3.82. The number of rotatable bonds is 7. The molecule has 0 bridgehead atoms. The molecule has 0 rings (SSSR count). The van der Waals surface area contributed by atoms with Crippen LogP contribution in [0.3, 0.4) is 0 Å². The van der Waals surface area contributed by atoms with E-state index in [1.807, 2.05) is 13.8 Å². The van der Waals surface area contributed by atoms with E-state index in [1.54, 1.807) is 0 Å². The molecule has 1 nitrogen and oxygen atoms in total. The molecule has 0 aromatic rings. The highest BCUT2D eigenvalue weighted by Gasteiger charge is 2.17. The van der Waals surface area contributed by atoms with Crippen molar-refractivity contribution in [1.82, 2.24) is 0 Å². The normalized spacial score (nSPS) is 18.2. The molecule has 0 heterocycles. The number of ether oxygens (including phenoxy) is 1. The first kappa shape index (κ1) is 13.5. The Bertz CT molecular complexity index is 126. The summed E-state index contributed by atoms with van der Waals surface area (Å²) in [5, 5.41) is 0. The van der Waals surface area contributed by atoms with Gasteiger partial charge in [-0.1, -0.05) is 6.92 Å². The lowest BCUT2D eigenvalue weighted by Gasteiger charge is -2.20. The average Bonchev–Trinajstić information content (AvgIpc) is 2.05. The Morgan fingerprint density at radius 2 is 2.08 bits per heavy atom. The van der Waals surface area contributed by atoms with E-state index in [4.69, 9.17) is 27.9 Å². The van der Waals surface area contributed by atoms with Crippen molar-refractivity contribution in [1.29, 1.82) is 0 Å². The van der Waals surface area contributed by atoms with E-state index < -0.39 is 0 Å². The molecule has 0 spiro atoms. The van der Waals surface area contributed by atoms with Crippen molar-refractivity contribution in [3.05, 3.63) is 0 Å². The lowest BCUT2D eigenvalue weighted by atomic mass is 10.1. The molecule has 0 aliphatic heterocycles. The number of hydrogen-bond acceptors (Lipinski definition) is 1. The highest BCUT2D eigenvalue weighted by molar-refractivity contribution is 6.23. The van der Waals surface area contributed by atoms with Crippen LogP contribution >= 0.6 is 23.2 Å². The Morgan fingerprint density at radius 1 is 1.46 bits per heavy atom. The lowest BCUT2D eigenvalue weighted by Crippen LogP contribution is -2.20. The van der Waals surface area contributed by atoms with Gasteiger partial charge in [-0.05, 0) is 33.1 Å². The largest absolute Gasteiger partial charge is 0.378 e. The van der Waals surface area contributed by atoms with Gasteiger partial charge in [-0.25, -0.2) is 0 Å². The Kier molecular flexibility index (Phi) is 7.20. The second kappa shape index (κ2) is 6.92. The van der Waals surface area contributed by atoms with Crippen molar-refractivity contribution in [3.8, 4) is 0 Å². The lowest BCUT2D eigenvalue weighted by molar-refractivity contribution is 0.0577. The van der Waals surface area contributed by atoms with Gasteiger partial charge in [0.15, 0.2) is 0 Å². The first-order valence-corrected chi connectivity index (χ1v) is 5.79. The van der Waals surface area contributed by atoms with Gasteiger partial charge < -0.3 is 4.74 Å². The van der Waals surface area contributed by atoms with E-state index in [-0.39, 0.29) is 11.0 Å². The summed E-state index contributed by atoms with van der Waals surface area (Å²) in [6.07, 6.45) is 3.04. The third-order valence-electron chi connectivity index (χ3n) is 2.28. The van der Waals surface area contributed by atoms with Gasteiger partial charge in [0.25, 0.3) is 0 Å². The summed E-state index contributed by atoms with van der Waals surface area (Å²) in [6, 6.07) is 0. The third kappa shape index (κ3) is 7.60. The van der Waals surface area contributed by atoms with Crippen LogP contribution < -0.4 is 0 Å². The smallest absolute Gasteiger partial charge is 0.0558 e. The zero-order chi connectivity index (χ0) is 10.3. The van der Waals surface area contributed by atoms with Crippen LogP contribution in [0.4, 0.5) is 0 Å². The minimum Gasteiger partial charge on any atom is -0.378 e. The van der Waals surface area contributed by atoms with Crippen LogP contribution in [0.15, 0.2) is 0 Å². The van der Waals surface area contributed by atoms with E-state index in [2.05, 4.69) is 6.92 Å². The number of halogens is 2. The standard InChI is InChI=1S/C10H20Cl2O/c1-4-10(3,12)6-8-13-9(2)5-7-11/h9H,4-8H2,1-3H3. The number of hydrogen-bond donors (Lipinski definition) is 0. The summed E-state index contributed by atoms with van der Waals surface area (Å²) in [6.45, 7) is 6.91. The topological polar surface area (TPSA) is 9.23 Å². The maximum absolute atomic E-state index is 6.18. The highest BCUT2D eigenvalue weighted by Crippen LogP contribution is 2.23. The maximum atomic E-state index is 6.18. The first-order valence-electron chi connectivity index (χ1n) is 4.88. The molecule has 0 saturated carbocycles. The fraction of sp³-hybridized carbons (Fsp3) is 1.00.